The molecule has 0 bridgehead atoms. The van der Waals surface area contributed by atoms with Gasteiger partial charge in [0.2, 0.25) is 5.91 Å². The number of carbonyl (C=O) groups excluding carboxylic acids is 3. The smallest absolute Gasteiger partial charge is 0.328 e. The van der Waals surface area contributed by atoms with E-state index in [4.69, 9.17) is 4.74 Å². The van der Waals surface area contributed by atoms with Crippen LogP contribution in [0.5, 0.6) is 0 Å². The molecule has 3 aromatic carbocycles. The third-order valence-corrected chi connectivity index (χ3v) is 6.53. The number of ether oxygens (including phenoxy) is 1. The molecule has 1 aliphatic rings. The lowest BCUT2D eigenvalue weighted by Crippen LogP contribution is -2.55. The lowest BCUT2D eigenvalue weighted by atomic mass is 10.0. The molecule has 0 aromatic heterocycles. The maximum atomic E-state index is 13.5. The van der Waals surface area contributed by atoms with Gasteiger partial charge in [0.1, 0.15) is 12.6 Å². The van der Waals surface area contributed by atoms with Crippen LogP contribution in [0, 0.1) is 0 Å². The van der Waals surface area contributed by atoms with Crippen molar-refractivity contribution in [2.75, 3.05) is 6.54 Å². The first-order valence-electron chi connectivity index (χ1n) is 12.7. The number of rotatable bonds is 11. The molecule has 1 fully saturated rings. The van der Waals surface area contributed by atoms with Gasteiger partial charge in [0.25, 0.3) is 0 Å². The van der Waals surface area contributed by atoms with Crippen LogP contribution in [0.1, 0.15) is 23.6 Å². The summed E-state index contributed by atoms with van der Waals surface area (Å²) in [7, 11) is 0. The molecule has 4 rings (SSSR count). The second-order valence-corrected chi connectivity index (χ2v) is 9.43. The Labute approximate surface area is 227 Å². The molecule has 0 unspecified atom stereocenters. The van der Waals surface area contributed by atoms with Gasteiger partial charge >= 0.3 is 18.0 Å². The summed E-state index contributed by atoms with van der Waals surface area (Å²) < 4.78 is 5.54. The minimum atomic E-state index is -1.34. The minimum Gasteiger partial charge on any atom is -0.480 e. The number of carboxylic acid groups (broad SMARTS) is 1. The van der Waals surface area contributed by atoms with Gasteiger partial charge in [-0.3, -0.25) is 14.9 Å². The van der Waals surface area contributed by atoms with Gasteiger partial charge in [0.15, 0.2) is 6.04 Å². The average Bonchev–Trinajstić information content (AvgIpc) is 3.28. The Kier molecular flexibility index (Phi) is 9.06. The zero-order valence-electron chi connectivity index (χ0n) is 21.6. The molecule has 3 amide bonds. The van der Waals surface area contributed by atoms with Crippen molar-refractivity contribution in [2.45, 2.75) is 44.6 Å². The Morgan fingerprint density at radius 1 is 0.897 bits per heavy atom. The van der Waals surface area contributed by atoms with E-state index in [2.05, 4.69) is 5.32 Å². The number of carboxylic acids is 1. The maximum absolute atomic E-state index is 13.5. The van der Waals surface area contributed by atoms with Crippen molar-refractivity contribution < 1.29 is 29.0 Å². The van der Waals surface area contributed by atoms with Crippen molar-refractivity contribution in [3.8, 4) is 0 Å². The van der Waals surface area contributed by atoms with Crippen molar-refractivity contribution in [1.82, 2.24) is 15.1 Å². The second kappa shape index (κ2) is 12.8. The van der Waals surface area contributed by atoms with E-state index in [0.717, 1.165) is 21.6 Å². The average molecular weight is 530 g/mol. The standard InChI is InChI=1S/C30H31N3O6/c1-21(27(34)33-26(28(35)36)19-32(30(33)38)18-23-13-7-3-8-14-23)31-25(17-22-11-5-2-6-12-22)29(37)39-20-24-15-9-4-10-16-24/h2-16,21,25-26,31H,17-20H2,1H3,(H,35,36)/t21-,25-,26-/m0/s1. The van der Waals surface area contributed by atoms with Crippen LogP contribution in [-0.4, -0.2) is 63.5 Å². The van der Waals surface area contributed by atoms with Crippen molar-refractivity contribution in [1.29, 1.82) is 0 Å². The van der Waals surface area contributed by atoms with Crippen LogP contribution in [-0.2, 0) is 38.7 Å². The van der Waals surface area contributed by atoms with E-state index in [9.17, 15) is 24.3 Å². The van der Waals surface area contributed by atoms with E-state index >= 15 is 0 Å². The fourth-order valence-electron chi connectivity index (χ4n) is 4.50. The van der Waals surface area contributed by atoms with E-state index < -0.39 is 42.0 Å². The van der Waals surface area contributed by atoms with Gasteiger partial charge < -0.3 is 14.7 Å². The zero-order chi connectivity index (χ0) is 27.8. The molecule has 0 spiro atoms. The first-order valence-corrected chi connectivity index (χ1v) is 12.7. The predicted octanol–water partition coefficient (Wildman–Crippen LogP) is 3.24. The highest BCUT2D eigenvalue weighted by molar-refractivity contribution is 6.02. The van der Waals surface area contributed by atoms with Gasteiger partial charge in [-0.2, -0.15) is 0 Å². The van der Waals surface area contributed by atoms with Gasteiger partial charge in [-0.15, -0.1) is 0 Å². The van der Waals surface area contributed by atoms with Gasteiger partial charge in [-0.05, 0) is 30.0 Å². The fourth-order valence-corrected chi connectivity index (χ4v) is 4.50. The SMILES string of the molecule is C[C@H](N[C@@H](Cc1ccccc1)C(=O)OCc1ccccc1)C(=O)N1C(=O)N(Cc2ccccc2)C[C@H]1C(=O)O. The number of urea groups is 1. The van der Waals surface area contributed by atoms with Crippen LogP contribution >= 0.6 is 0 Å². The first kappa shape index (κ1) is 27.5. The number of hydrogen-bond donors (Lipinski definition) is 2. The van der Waals surface area contributed by atoms with Crippen LogP contribution in [0.25, 0.3) is 0 Å². The quantitative estimate of drug-likeness (QED) is 0.366. The summed E-state index contributed by atoms with van der Waals surface area (Å²) in [5, 5.41) is 12.8. The lowest BCUT2D eigenvalue weighted by molar-refractivity contribution is -0.149. The fraction of sp³-hybridized carbons (Fsp3) is 0.267. The molecule has 3 aromatic rings. The molecule has 0 radical (unpaired) electrons. The Morgan fingerprint density at radius 2 is 1.44 bits per heavy atom. The van der Waals surface area contributed by atoms with E-state index in [0.29, 0.717) is 0 Å². The van der Waals surface area contributed by atoms with E-state index in [1.807, 2.05) is 91.0 Å². The van der Waals surface area contributed by atoms with Crippen molar-refractivity contribution in [3.05, 3.63) is 108 Å². The summed E-state index contributed by atoms with van der Waals surface area (Å²) in [4.78, 5) is 53.9. The predicted molar refractivity (Wildman–Crippen MR) is 143 cm³/mol. The van der Waals surface area contributed by atoms with Crippen molar-refractivity contribution in [2.24, 2.45) is 0 Å². The van der Waals surface area contributed by atoms with E-state index in [1.54, 1.807) is 0 Å². The summed E-state index contributed by atoms with van der Waals surface area (Å²) in [5.74, 6) is -2.56. The van der Waals surface area contributed by atoms with Gasteiger partial charge in [0, 0.05) is 6.54 Å². The Bertz CT molecular complexity index is 1290. The number of hydrogen-bond acceptors (Lipinski definition) is 6. The summed E-state index contributed by atoms with van der Waals surface area (Å²) in [6, 6.07) is 23.7. The molecule has 2 N–H and O–H groups in total. The molecule has 1 saturated heterocycles. The molecule has 3 atom stereocenters. The molecule has 1 heterocycles. The topological polar surface area (TPSA) is 116 Å². The minimum absolute atomic E-state index is 0.0646. The summed E-state index contributed by atoms with van der Waals surface area (Å²) in [5.41, 5.74) is 2.49. The van der Waals surface area contributed by atoms with Crippen molar-refractivity contribution >= 4 is 23.9 Å². The van der Waals surface area contributed by atoms with Crippen LogP contribution in [0.15, 0.2) is 91.0 Å². The van der Waals surface area contributed by atoms with Crippen LogP contribution < -0.4 is 5.32 Å². The number of benzene rings is 3. The molecule has 202 valence electrons. The molecular formula is C30H31N3O6. The summed E-state index contributed by atoms with van der Waals surface area (Å²) >= 11 is 0. The highest BCUT2D eigenvalue weighted by Gasteiger charge is 2.46. The Morgan fingerprint density at radius 3 is 2.00 bits per heavy atom. The highest BCUT2D eigenvalue weighted by atomic mass is 16.5. The lowest BCUT2D eigenvalue weighted by Gasteiger charge is -2.26. The Balaban J connectivity index is 1.48. The number of carbonyl (C=O) groups is 4. The number of imide groups is 1. The maximum Gasteiger partial charge on any atom is 0.328 e. The van der Waals surface area contributed by atoms with Crippen LogP contribution in [0.2, 0.25) is 0 Å². The summed E-state index contributed by atoms with van der Waals surface area (Å²) in [6.45, 7) is 1.62. The highest BCUT2D eigenvalue weighted by Crippen LogP contribution is 2.21. The van der Waals surface area contributed by atoms with Crippen LogP contribution in [0.4, 0.5) is 4.79 Å². The molecular weight excluding hydrogens is 498 g/mol. The number of esters is 1. The third-order valence-electron chi connectivity index (χ3n) is 6.53. The molecule has 9 heteroatoms. The number of nitrogens with zero attached hydrogens (tertiary/aromatic N) is 2. The molecule has 0 saturated carbocycles. The largest absolute Gasteiger partial charge is 0.480 e. The van der Waals surface area contributed by atoms with Gasteiger partial charge in [0.05, 0.1) is 12.6 Å². The van der Waals surface area contributed by atoms with E-state index in [-0.39, 0.29) is 26.1 Å². The molecule has 1 aliphatic heterocycles. The molecule has 9 nitrogen and oxygen atoms in total. The van der Waals surface area contributed by atoms with E-state index in [1.165, 1.54) is 11.8 Å². The van der Waals surface area contributed by atoms with Crippen molar-refractivity contribution in [3.63, 3.8) is 0 Å². The third kappa shape index (κ3) is 7.08. The van der Waals surface area contributed by atoms with Crippen LogP contribution in [0.3, 0.4) is 0 Å². The first-order chi connectivity index (χ1) is 18.8. The molecule has 0 aliphatic carbocycles. The number of nitrogens with one attached hydrogen (secondary N) is 1. The summed E-state index contributed by atoms with van der Waals surface area (Å²) in [6.07, 6.45) is 0.239. The normalized spacial score (nSPS) is 16.5. The monoisotopic (exact) mass is 529 g/mol. The Hall–Kier alpha value is -4.50. The molecule has 39 heavy (non-hydrogen) atoms. The zero-order valence-corrected chi connectivity index (χ0v) is 21.6. The number of aliphatic carboxylic acids is 1. The number of amides is 3. The van der Waals surface area contributed by atoms with Gasteiger partial charge in [-0.1, -0.05) is 91.0 Å². The van der Waals surface area contributed by atoms with Gasteiger partial charge in [-0.25, -0.2) is 14.5 Å². The second-order valence-electron chi connectivity index (χ2n) is 9.43.